The van der Waals surface area contributed by atoms with Gasteiger partial charge in [-0.2, -0.15) is 8.42 Å². The summed E-state index contributed by atoms with van der Waals surface area (Å²) < 4.78 is 38.9. The second-order valence-corrected chi connectivity index (χ2v) is 4.60. The minimum absolute atomic E-state index is 0.148. The highest BCUT2D eigenvalue weighted by Gasteiger charge is 2.34. The van der Waals surface area contributed by atoms with Gasteiger partial charge < -0.3 is 4.74 Å². The van der Waals surface area contributed by atoms with Crippen molar-refractivity contribution in [2.24, 2.45) is 5.92 Å². The van der Waals surface area contributed by atoms with Gasteiger partial charge in [0.2, 0.25) is 0 Å². The summed E-state index contributed by atoms with van der Waals surface area (Å²) in [6.07, 6.45) is 0.981. The zero-order valence-corrected chi connectivity index (χ0v) is 7.81. The van der Waals surface area contributed by atoms with Crippen LogP contribution in [-0.2, 0) is 15.0 Å². The lowest BCUT2D eigenvalue weighted by Gasteiger charge is -2.15. The Balaban J connectivity index is 2.68. The maximum Gasteiger partial charge on any atom is 0.305 e. The van der Waals surface area contributed by atoms with Gasteiger partial charge in [-0.1, -0.05) is 6.92 Å². The van der Waals surface area contributed by atoms with Gasteiger partial charge in [-0.15, -0.1) is 3.89 Å². The van der Waals surface area contributed by atoms with E-state index < -0.39 is 15.5 Å². The minimum atomic E-state index is -4.38. The molecule has 2 atom stereocenters. The van der Waals surface area contributed by atoms with Crippen LogP contribution in [0.2, 0.25) is 0 Å². The molecule has 1 rings (SSSR count). The van der Waals surface area contributed by atoms with Gasteiger partial charge in [-0.25, -0.2) is 0 Å². The van der Waals surface area contributed by atoms with Crippen molar-refractivity contribution in [1.29, 1.82) is 0 Å². The molecule has 5 heteroatoms. The predicted molar refractivity (Wildman–Crippen MR) is 43.0 cm³/mol. The third kappa shape index (κ3) is 2.17. The van der Waals surface area contributed by atoms with E-state index in [1.807, 2.05) is 0 Å². The third-order valence-electron chi connectivity index (χ3n) is 2.25. The molecule has 0 aliphatic carbocycles. The van der Waals surface area contributed by atoms with Gasteiger partial charge in [0, 0.05) is 12.5 Å². The molecule has 0 N–H and O–H groups in total. The Bertz CT molecular complexity index is 231. The third-order valence-corrected chi connectivity index (χ3v) is 3.70. The number of ether oxygens (including phenoxy) is 1. The van der Waals surface area contributed by atoms with Crippen molar-refractivity contribution in [2.45, 2.75) is 25.0 Å². The zero-order valence-electron chi connectivity index (χ0n) is 6.99. The van der Waals surface area contributed by atoms with Gasteiger partial charge in [0.05, 0.1) is 11.9 Å². The molecule has 0 saturated carbocycles. The average Bonchev–Trinajstić information content (AvgIpc) is 2.38. The van der Waals surface area contributed by atoms with Crippen molar-refractivity contribution in [3.63, 3.8) is 0 Å². The Kier molecular flexibility index (Phi) is 3.06. The Morgan fingerprint density at radius 2 is 2.33 bits per heavy atom. The molecule has 72 valence electrons. The number of halogens is 1. The highest BCUT2D eigenvalue weighted by atomic mass is 32.3. The normalized spacial score (nSPS) is 27.3. The summed E-state index contributed by atoms with van der Waals surface area (Å²) in [5.41, 5.74) is 0. The van der Waals surface area contributed by atoms with E-state index in [9.17, 15) is 12.3 Å². The van der Waals surface area contributed by atoms with Crippen molar-refractivity contribution in [3.05, 3.63) is 0 Å². The van der Waals surface area contributed by atoms with Gasteiger partial charge in [0.25, 0.3) is 0 Å². The smallest absolute Gasteiger partial charge is 0.305 e. The SMILES string of the molecule is CCC(C1CCOC1)S(=O)(=O)F. The largest absolute Gasteiger partial charge is 0.381 e. The van der Waals surface area contributed by atoms with Crippen molar-refractivity contribution in [1.82, 2.24) is 0 Å². The monoisotopic (exact) mass is 196 g/mol. The molecule has 0 aromatic rings. The van der Waals surface area contributed by atoms with E-state index in [-0.39, 0.29) is 5.92 Å². The van der Waals surface area contributed by atoms with Gasteiger partial charge in [-0.3, -0.25) is 0 Å². The van der Waals surface area contributed by atoms with Crippen LogP contribution in [0.15, 0.2) is 0 Å². The van der Waals surface area contributed by atoms with E-state index in [0.717, 1.165) is 0 Å². The highest BCUT2D eigenvalue weighted by Crippen LogP contribution is 2.25. The number of hydrogen-bond donors (Lipinski definition) is 0. The molecule has 0 bridgehead atoms. The molecule has 1 saturated heterocycles. The van der Waals surface area contributed by atoms with Crippen LogP contribution in [0.1, 0.15) is 19.8 Å². The zero-order chi connectivity index (χ0) is 9.19. The second kappa shape index (κ2) is 3.70. The maximum absolute atomic E-state index is 12.6. The summed E-state index contributed by atoms with van der Waals surface area (Å²) in [5, 5.41) is -0.861. The average molecular weight is 196 g/mol. The van der Waals surface area contributed by atoms with Crippen LogP contribution < -0.4 is 0 Å². The summed E-state index contributed by atoms with van der Waals surface area (Å²) in [4.78, 5) is 0. The fourth-order valence-electron chi connectivity index (χ4n) is 1.61. The first-order valence-corrected chi connectivity index (χ1v) is 5.51. The van der Waals surface area contributed by atoms with Gasteiger partial charge in [0.15, 0.2) is 0 Å². The lowest BCUT2D eigenvalue weighted by atomic mass is 10.0. The van der Waals surface area contributed by atoms with Crippen LogP contribution >= 0.6 is 0 Å². The quantitative estimate of drug-likeness (QED) is 0.635. The molecule has 12 heavy (non-hydrogen) atoms. The fourth-order valence-corrected chi connectivity index (χ4v) is 2.68. The van der Waals surface area contributed by atoms with Crippen molar-refractivity contribution < 1.29 is 17.0 Å². The lowest BCUT2D eigenvalue weighted by Crippen LogP contribution is -2.26. The molecule has 1 heterocycles. The summed E-state index contributed by atoms with van der Waals surface area (Å²) >= 11 is 0. The van der Waals surface area contributed by atoms with Crippen LogP contribution in [0, 0.1) is 5.92 Å². The van der Waals surface area contributed by atoms with Crippen molar-refractivity contribution >= 4 is 10.2 Å². The lowest BCUT2D eigenvalue weighted by molar-refractivity contribution is 0.184. The van der Waals surface area contributed by atoms with Crippen LogP contribution in [0.3, 0.4) is 0 Å². The standard InChI is InChI=1S/C7H13FO3S/c1-2-7(12(8,9)10)6-3-4-11-5-6/h6-7H,2-5H2,1H3. The van der Waals surface area contributed by atoms with E-state index >= 15 is 0 Å². The van der Waals surface area contributed by atoms with Crippen molar-refractivity contribution in [3.8, 4) is 0 Å². The summed E-state index contributed by atoms with van der Waals surface area (Å²) in [7, 11) is -4.38. The molecule has 1 aliphatic rings. The maximum atomic E-state index is 12.6. The fraction of sp³-hybridized carbons (Fsp3) is 1.00. The minimum Gasteiger partial charge on any atom is -0.381 e. The Morgan fingerprint density at radius 3 is 2.67 bits per heavy atom. The molecule has 0 amide bonds. The van der Waals surface area contributed by atoms with Crippen LogP contribution in [0.25, 0.3) is 0 Å². The van der Waals surface area contributed by atoms with E-state index in [2.05, 4.69) is 0 Å². The van der Waals surface area contributed by atoms with Crippen LogP contribution in [0.4, 0.5) is 3.89 Å². The Hall–Kier alpha value is -0.160. The van der Waals surface area contributed by atoms with Gasteiger partial charge in [0.1, 0.15) is 0 Å². The second-order valence-electron chi connectivity index (χ2n) is 3.05. The summed E-state index contributed by atoms with van der Waals surface area (Å²) in [6, 6.07) is 0. The first kappa shape index (κ1) is 9.92. The Morgan fingerprint density at radius 1 is 1.67 bits per heavy atom. The van der Waals surface area contributed by atoms with Crippen LogP contribution in [0.5, 0.6) is 0 Å². The predicted octanol–water partition coefficient (Wildman–Crippen LogP) is 1.10. The molecule has 0 radical (unpaired) electrons. The molecule has 0 spiro atoms. The topological polar surface area (TPSA) is 43.4 Å². The van der Waals surface area contributed by atoms with E-state index in [1.54, 1.807) is 6.92 Å². The van der Waals surface area contributed by atoms with Gasteiger partial charge in [-0.05, 0) is 12.8 Å². The molecular formula is C7H13FO3S. The van der Waals surface area contributed by atoms with Crippen LogP contribution in [-0.4, -0.2) is 26.9 Å². The number of hydrogen-bond acceptors (Lipinski definition) is 3. The molecular weight excluding hydrogens is 183 g/mol. The van der Waals surface area contributed by atoms with E-state index in [1.165, 1.54) is 0 Å². The molecule has 0 aromatic carbocycles. The molecule has 1 aliphatic heterocycles. The first-order chi connectivity index (χ1) is 5.55. The van der Waals surface area contributed by atoms with Gasteiger partial charge >= 0.3 is 10.2 Å². The highest BCUT2D eigenvalue weighted by molar-refractivity contribution is 7.87. The van der Waals surface area contributed by atoms with E-state index in [0.29, 0.717) is 26.1 Å². The Labute approximate surface area is 72.1 Å². The van der Waals surface area contributed by atoms with Crippen molar-refractivity contribution in [2.75, 3.05) is 13.2 Å². The molecule has 2 unspecified atom stereocenters. The summed E-state index contributed by atoms with van der Waals surface area (Å²) in [6.45, 7) is 2.61. The molecule has 0 aromatic heterocycles. The molecule has 1 fully saturated rings. The first-order valence-electron chi connectivity index (χ1n) is 4.07. The van der Waals surface area contributed by atoms with E-state index in [4.69, 9.17) is 4.74 Å². The molecule has 3 nitrogen and oxygen atoms in total. The summed E-state index contributed by atoms with van der Waals surface area (Å²) in [5.74, 6) is -0.148. The number of rotatable bonds is 3.